The molecule has 0 unspecified atom stereocenters. The van der Waals surface area contributed by atoms with Crippen LogP contribution < -0.4 is 4.74 Å². The maximum absolute atomic E-state index is 11.6. The largest absolute Gasteiger partial charge is 0.466 e. The number of para-hydroxylation sites is 2. The average Bonchev–Trinajstić information content (AvgIpc) is 2.57. The van der Waals surface area contributed by atoms with Crippen molar-refractivity contribution in [2.75, 3.05) is 7.11 Å². The van der Waals surface area contributed by atoms with E-state index in [0.29, 0.717) is 22.1 Å². The first-order valence-corrected chi connectivity index (χ1v) is 6.90. The van der Waals surface area contributed by atoms with Gasteiger partial charge in [0.25, 0.3) is 0 Å². The van der Waals surface area contributed by atoms with Crippen molar-refractivity contribution in [2.24, 2.45) is 5.11 Å². The summed E-state index contributed by atoms with van der Waals surface area (Å²) in [4.78, 5) is 14.3. The lowest BCUT2D eigenvalue weighted by molar-refractivity contribution is -0.136. The Kier molecular flexibility index (Phi) is 5.63. The molecule has 0 atom stereocenters. The Labute approximate surface area is 137 Å². The second kappa shape index (κ2) is 7.89. The van der Waals surface area contributed by atoms with Crippen molar-refractivity contribution in [1.82, 2.24) is 0 Å². The highest BCUT2D eigenvalue weighted by atomic mass is 35.5. The quantitative estimate of drug-likeness (QED) is 0.255. The van der Waals surface area contributed by atoms with Gasteiger partial charge in [-0.05, 0) is 29.8 Å². The highest BCUT2D eigenvalue weighted by Gasteiger charge is 2.12. The number of rotatable bonds is 5. The second-order valence-electron chi connectivity index (χ2n) is 4.28. The lowest BCUT2D eigenvalue weighted by atomic mass is 10.1. The minimum Gasteiger partial charge on any atom is -0.466 e. The van der Waals surface area contributed by atoms with E-state index in [4.69, 9.17) is 21.9 Å². The first-order chi connectivity index (χ1) is 11.2. The summed E-state index contributed by atoms with van der Waals surface area (Å²) >= 11 is 6.18. The molecule has 116 valence electrons. The fourth-order valence-electron chi connectivity index (χ4n) is 1.78. The van der Waals surface area contributed by atoms with E-state index in [0.717, 1.165) is 0 Å². The van der Waals surface area contributed by atoms with Crippen LogP contribution in [0.5, 0.6) is 11.5 Å². The third-order valence-corrected chi connectivity index (χ3v) is 3.10. The Bertz CT molecular complexity index is 784. The van der Waals surface area contributed by atoms with Gasteiger partial charge in [0.1, 0.15) is 11.4 Å². The summed E-state index contributed by atoms with van der Waals surface area (Å²) in [6.07, 6.45) is 1.36. The molecule has 0 N–H and O–H groups in total. The van der Waals surface area contributed by atoms with Gasteiger partial charge in [-0.3, -0.25) is 0 Å². The number of esters is 1. The molecule has 0 aliphatic carbocycles. The van der Waals surface area contributed by atoms with Gasteiger partial charge in [0.2, 0.25) is 0 Å². The van der Waals surface area contributed by atoms with Crippen LogP contribution in [-0.2, 0) is 9.53 Å². The van der Waals surface area contributed by atoms with E-state index in [1.54, 1.807) is 30.3 Å². The summed E-state index contributed by atoms with van der Waals surface area (Å²) in [5, 5.41) is 3.69. The maximum atomic E-state index is 11.6. The van der Waals surface area contributed by atoms with E-state index < -0.39 is 5.97 Å². The van der Waals surface area contributed by atoms with Gasteiger partial charge in [-0.1, -0.05) is 47.0 Å². The third-order valence-electron chi connectivity index (χ3n) is 2.80. The number of carbonyl (C=O) groups excluding carboxylic acids is 1. The molecule has 0 aliphatic rings. The summed E-state index contributed by atoms with van der Waals surface area (Å²) in [5.74, 6) is 0.169. The van der Waals surface area contributed by atoms with E-state index in [2.05, 4.69) is 14.8 Å². The van der Waals surface area contributed by atoms with Gasteiger partial charge >= 0.3 is 5.97 Å². The minimum atomic E-state index is -0.756. The number of methoxy groups -OCH3 is 1. The van der Waals surface area contributed by atoms with E-state index in [1.165, 1.54) is 13.2 Å². The Morgan fingerprint density at radius 2 is 1.96 bits per heavy atom. The normalized spacial score (nSPS) is 10.6. The van der Waals surface area contributed by atoms with Crippen molar-refractivity contribution in [3.05, 3.63) is 75.3 Å². The summed E-state index contributed by atoms with van der Waals surface area (Å²) in [7, 11) is 1.20. The first-order valence-electron chi connectivity index (χ1n) is 6.52. The van der Waals surface area contributed by atoms with Crippen molar-refractivity contribution in [1.29, 1.82) is 0 Å². The summed E-state index contributed by atoms with van der Waals surface area (Å²) in [6.45, 7) is 0. The van der Waals surface area contributed by atoms with Gasteiger partial charge in [-0.15, -0.1) is 0 Å². The zero-order valence-corrected chi connectivity index (χ0v) is 12.9. The predicted octanol–water partition coefficient (Wildman–Crippen LogP) is 4.96. The Hall–Kier alpha value is -2.95. The molecule has 0 amide bonds. The summed E-state index contributed by atoms with van der Waals surface area (Å²) in [5.41, 5.74) is 8.85. The van der Waals surface area contributed by atoms with Crippen LogP contribution in [0.3, 0.4) is 0 Å². The molecule has 2 rings (SSSR count). The second-order valence-corrected chi connectivity index (χ2v) is 4.69. The Morgan fingerprint density at radius 3 is 2.61 bits per heavy atom. The van der Waals surface area contributed by atoms with E-state index in [9.17, 15) is 4.79 Å². The smallest absolute Gasteiger partial charge is 0.340 e. The van der Waals surface area contributed by atoms with Crippen LogP contribution in [0.1, 0.15) is 5.56 Å². The minimum absolute atomic E-state index is 0.199. The van der Waals surface area contributed by atoms with E-state index in [-0.39, 0.29) is 5.70 Å². The van der Waals surface area contributed by atoms with Crippen molar-refractivity contribution in [2.45, 2.75) is 0 Å². The molecule has 0 bridgehead atoms. The number of benzene rings is 2. The van der Waals surface area contributed by atoms with Gasteiger partial charge in [0, 0.05) is 10.5 Å². The highest BCUT2D eigenvalue weighted by Crippen LogP contribution is 2.34. The van der Waals surface area contributed by atoms with Gasteiger partial charge in [0.05, 0.1) is 12.1 Å². The van der Waals surface area contributed by atoms with Crippen LogP contribution >= 0.6 is 11.6 Å². The molecular formula is C16H12ClN3O3. The van der Waals surface area contributed by atoms with Crippen LogP contribution in [0.2, 0.25) is 5.02 Å². The molecule has 7 heteroatoms. The molecule has 0 saturated carbocycles. The molecule has 0 aromatic heterocycles. The molecule has 0 saturated heterocycles. The molecule has 0 heterocycles. The molecule has 2 aromatic rings. The number of nitrogens with zero attached hydrogens (tertiary/aromatic N) is 3. The number of azide groups is 1. The van der Waals surface area contributed by atoms with Crippen molar-refractivity contribution >= 4 is 23.6 Å². The number of ether oxygens (including phenoxy) is 2. The maximum Gasteiger partial charge on any atom is 0.340 e. The van der Waals surface area contributed by atoms with Crippen LogP contribution in [0, 0.1) is 0 Å². The molecule has 0 spiro atoms. The zero-order chi connectivity index (χ0) is 16.7. The fraction of sp³-hybridized carbons (Fsp3) is 0.0625. The van der Waals surface area contributed by atoms with Crippen molar-refractivity contribution < 1.29 is 14.3 Å². The molecule has 0 fully saturated rings. The highest BCUT2D eigenvalue weighted by molar-refractivity contribution is 6.32. The molecular weight excluding hydrogens is 318 g/mol. The van der Waals surface area contributed by atoms with Crippen LogP contribution in [0.25, 0.3) is 16.5 Å². The van der Waals surface area contributed by atoms with E-state index >= 15 is 0 Å². The SMILES string of the molecule is COC(=O)/C(=C/c1cccc(Cl)c1Oc1ccccc1)N=[N+]=[N-]. The first kappa shape index (κ1) is 16.4. The monoisotopic (exact) mass is 329 g/mol. The molecule has 2 aromatic carbocycles. The average molecular weight is 330 g/mol. The topological polar surface area (TPSA) is 84.3 Å². The van der Waals surface area contributed by atoms with Gasteiger partial charge in [0.15, 0.2) is 5.75 Å². The van der Waals surface area contributed by atoms with Crippen molar-refractivity contribution in [3.8, 4) is 11.5 Å². The van der Waals surface area contributed by atoms with Gasteiger partial charge < -0.3 is 9.47 Å². The molecule has 0 radical (unpaired) electrons. The van der Waals surface area contributed by atoms with Crippen LogP contribution in [0.4, 0.5) is 0 Å². The Morgan fingerprint density at radius 1 is 1.22 bits per heavy atom. The van der Waals surface area contributed by atoms with Crippen LogP contribution in [-0.4, -0.2) is 13.1 Å². The lowest BCUT2D eigenvalue weighted by Crippen LogP contribution is -2.02. The molecule has 6 nitrogen and oxygen atoms in total. The fourth-order valence-corrected chi connectivity index (χ4v) is 2.00. The zero-order valence-electron chi connectivity index (χ0n) is 12.1. The number of carbonyl (C=O) groups is 1. The van der Waals surface area contributed by atoms with Gasteiger partial charge in [-0.25, -0.2) is 4.79 Å². The summed E-state index contributed by atoms with van der Waals surface area (Å²) in [6, 6.07) is 14.1. The number of hydrogen-bond donors (Lipinski definition) is 0. The predicted molar refractivity (Wildman–Crippen MR) is 87.1 cm³/mol. The van der Waals surface area contributed by atoms with Gasteiger partial charge in [-0.2, -0.15) is 0 Å². The molecule has 0 aliphatic heterocycles. The lowest BCUT2D eigenvalue weighted by Gasteiger charge is -2.11. The number of hydrogen-bond acceptors (Lipinski definition) is 4. The number of halogens is 1. The third kappa shape index (κ3) is 4.26. The summed E-state index contributed by atoms with van der Waals surface area (Å²) < 4.78 is 10.3. The van der Waals surface area contributed by atoms with E-state index in [1.807, 2.05) is 18.2 Å². The Balaban J connectivity index is 2.48. The van der Waals surface area contributed by atoms with Crippen molar-refractivity contribution in [3.63, 3.8) is 0 Å². The van der Waals surface area contributed by atoms with Crippen LogP contribution in [0.15, 0.2) is 59.3 Å². The molecule has 23 heavy (non-hydrogen) atoms. The standard InChI is InChI=1S/C16H12ClN3O3/c1-22-16(21)14(19-20-18)10-11-6-5-9-13(17)15(11)23-12-7-3-2-4-8-12/h2-10H,1H3/b14-10-.